The Kier molecular flexibility index (Phi) is 1.96. The molecule has 0 saturated heterocycles. The number of rotatable bonds is 1. The largest absolute Gasteiger partial charge is 0.240 e. The highest BCUT2D eigenvalue weighted by Crippen LogP contribution is 2.11. The summed E-state index contributed by atoms with van der Waals surface area (Å²) in [5.41, 5.74) is 1.07. The van der Waals surface area contributed by atoms with E-state index in [4.69, 9.17) is 0 Å². The van der Waals surface area contributed by atoms with Gasteiger partial charge >= 0.3 is 0 Å². The quantitative estimate of drug-likeness (QED) is 0.726. The number of aromatic nitrogens is 2. The summed E-state index contributed by atoms with van der Waals surface area (Å²) in [6.45, 7) is 0. The molecule has 0 unspecified atom stereocenters. The first-order valence-corrected chi connectivity index (χ1v) is 4.41. The molecule has 0 amide bonds. The monoisotopic (exact) mass is 222 g/mol. The van der Waals surface area contributed by atoms with Crippen LogP contribution in [0.1, 0.15) is 0 Å². The topological polar surface area (TPSA) is 17.8 Å². The highest BCUT2D eigenvalue weighted by Gasteiger charge is 1.95. The minimum atomic E-state index is 0.992. The van der Waals surface area contributed by atoms with Crippen LogP contribution in [0.5, 0.6) is 0 Å². The first-order chi connectivity index (χ1) is 5.86. The van der Waals surface area contributed by atoms with Gasteiger partial charge in [-0.2, -0.15) is 5.10 Å². The van der Waals surface area contributed by atoms with Crippen LogP contribution in [0.15, 0.2) is 47.2 Å². The molecule has 1 aromatic carbocycles. The SMILES string of the molecule is Brc1cnn(-c2ccccc2)c1. The van der Waals surface area contributed by atoms with Crippen LogP contribution in [0, 0.1) is 0 Å². The van der Waals surface area contributed by atoms with Crippen molar-refractivity contribution in [1.29, 1.82) is 0 Å². The Morgan fingerprint density at radius 2 is 1.92 bits per heavy atom. The zero-order chi connectivity index (χ0) is 8.39. The van der Waals surface area contributed by atoms with Crippen molar-refractivity contribution in [2.24, 2.45) is 0 Å². The van der Waals surface area contributed by atoms with Gasteiger partial charge < -0.3 is 0 Å². The molecule has 0 radical (unpaired) electrons. The molecule has 12 heavy (non-hydrogen) atoms. The second-order valence-corrected chi connectivity index (χ2v) is 3.35. The van der Waals surface area contributed by atoms with Gasteiger partial charge in [0.15, 0.2) is 0 Å². The van der Waals surface area contributed by atoms with E-state index in [0.717, 1.165) is 10.2 Å². The molecule has 0 spiro atoms. The maximum absolute atomic E-state index is 4.16. The van der Waals surface area contributed by atoms with Crippen molar-refractivity contribution < 1.29 is 0 Å². The summed E-state index contributed by atoms with van der Waals surface area (Å²) >= 11 is 3.35. The molecule has 60 valence electrons. The number of nitrogens with zero attached hydrogens (tertiary/aromatic N) is 2. The van der Waals surface area contributed by atoms with Crippen molar-refractivity contribution in [2.75, 3.05) is 0 Å². The van der Waals surface area contributed by atoms with Crippen LogP contribution in [0.4, 0.5) is 0 Å². The minimum absolute atomic E-state index is 0.992. The molecule has 0 atom stereocenters. The van der Waals surface area contributed by atoms with Gasteiger partial charge in [-0.3, -0.25) is 0 Å². The Morgan fingerprint density at radius 1 is 1.17 bits per heavy atom. The number of para-hydroxylation sites is 1. The molecular formula is C9H7BrN2. The average molecular weight is 223 g/mol. The van der Waals surface area contributed by atoms with Gasteiger partial charge in [-0.15, -0.1) is 0 Å². The number of benzene rings is 1. The fourth-order valence-corrected chi connectivity index (χ4v) is 1.31. The molecule has 0 N–H and O–H groups in total. The average Bonchev–Trinajstić information content (AvgIpc) is 2.54. The van der Waals surface area contributed by atoms with Crippen LogP contribution in [-0.4, -0.2) is 9.78 Å². The Hall–Kier alpha value is -1.09. The molecule has 0 aliphatic carbocycles. The molecular weight excluding hydrogens is 216 g/mol. The van der Waals surface area contributed by atoms with Crippen LogP contribution in [0.2, 0.25) is 0 Å². The van der Waals surface area contributed by atoms with E-state index >= 15 is 0 Å². The lowest BCUT2D eigenvalue weighted by molar-refractivity contribution is 0.880. The summed E-state index contributed by atoms with van der Waals surface area (Å²) in [4.78, 5) is 0. The third-order valence-corrected chi connectivity index (χ3v) is 1.98. The fraction of sp³-hybridized carbons (Fsp3) is 0. The lowest BCUT2D eigenvalue weighted by atomic mass is 10.3. The van der Waals surface area contributed by atoms with Crippen molar-refractivity contribution in [2.45, 2.75) is 0 Å². The molecule has 0 aliphatic heterocycles. The van der Waals surface area contributed by atoms with Crippen LogP contribution in [0.25, 0.3) is 5.69 Å². The van der Waals surface area contributed by atoms with E-state index < -0.39 is 0 Å². The Morgan fingerprint density at radius 3 is 2.50 bits per heavy atom. The third kappa shape index (κ3) is 1.41. The predicted octanol–water partition coefficient (Wildman–Crippen LogP) is 2.63. The molecule has 0 aliphatic rings. The smallest absolute Gasteiger partial charge is 0.0646 e. The number of hydrogen-bond acceptors (Lipinski definition) is 1. The zero-order valence-electron chi connectivity index (χ0n) is 6.31. The Labute approximate surface area is 79.0 Å². The second-order valence-electron chi connectivity index (χ2n) is 2.44. The minimum Gasteiger partial charge on any atom is -0.240 e. The van der Waals surface area contributed by atoms with E-state index in [2.05, 4.69) is 21.0 Å². The standard InChI is InChI=1S/C9H7BrN2/c10-8-6-11-12(7-8)9-4-2-1-3-5-9/h1-7H. The van der Waals surface area contributed by atoms with Crippen molar-refractivity contribution in [1.82, 2.24) is 9.78 Å². The molecule has 0 bridgehead atoms. The van der Waals surface area contributed by atoms with E-state index in [0.29, 0.717) is 0 Å². The molecule has 0 saturated carbocycles. The van der Waals surface area contributed by atoms with Gasteiger partial charge in [-0.25, -0.2) is 4.68 Å². The van der Waals surface area contributed by atoms with Crippen LogP contribution in [-0.2, 0) is 0 Å². The fourth-order valence-electron chi connectivity index (χ4n) is 1.02. The summed E-state index contributed by atoms with van der Waals surface area (Å²) in [5.74, 6) is 0. The Bertz CT molecular complexity index is 367. The maximum Gasteiger partial charge on any atom is 0.0646 e. The van der Waals surface area contributed by atoms with Crippen LogP contribution in [0.3, 0.4) is 0 Å². The van der Waals surface area contributed by atoms with Crippen LogP contribution >= 0.6 is 15.9 Å². The summed E-state index contributed by atoms with van der Waals surface area (Å²) in [7, 11) is 0. The Balaban J connectivity index is 2.45. The molecule has 1 heterocycles. The lowest BCUT2D eigenvalue weighted by Crippen LogP contribution is -1.92. The third-order valence-electron chi connectivity index (χ3n) is 1.57. The first kappa shape index (κ1) is 7.55. The lowest BCUT2D eigenvalue weighted by Gasteiger charge is -1.97. The molecule has 0 fully saturated rings. The summed E-state index contributed by atoms with van der Waals surface area (Å²) < 4.78 is 2.82. The molecule has 1 aromatic heterocycles. The molecule has 2 rings (SSSR count). The van der Waals surface area contributed by atoms with E-state index in [1.807, 2.05) is 41.2 Å². The zero-order valence-corrected chi connectivity index (χ0v) is 7.90. The van der Waals surface area contributed by atoms with Gasteiger partial charge in [-0.05, 0) is 28.1 Å². The van der Waals surface area contributed by atoms with Gasteiger partial charge in [0.1, 0.15) is 0 Å². The summed E-state index contributed by atoms with van der Waals surface area (Å²) in [6, 6.07) is 10.00. The van der Waals surface area contributed by atoms with E-state index in [-0.39, 0.29) is 0 Å². The highest BCUT2D eigenvalue weighted by molar-refractivity contribution is 9.10. The van der Waals surface area contributed by atoms with Crippen molar-refractivity contribution in [3.8, 4) is 5.69 Å². The van der Waals surface area contributed by atoms with E-state index in [1.165, 1.54) is 0 Å². The van der Waals surface area contributed by atoms with Crippen molar-refractivity contribution in [3.05, 3.63) is 47.2 Å². The van der Waals surface area contributed by atoms with E-state index in [1.54, 1.807) is 6.20 Å². The number of hydrogen-bond donors (Lipinski definition) is 0. The number of halogens is 1. The normalized spacial score (nSPS) is 10.1. The second kappa shape index (κ2) is 3.11. The van der Waals surface area contributed by atoms with Gasteiger partial charge in [0.2, 0.25) is 0 Å². The van der Waals surface area contributed by atoms with Crippen molar-refractivity contribution >= 4 is 15.9 Å². The maximum atomic E-state index is 4.16. The summed E-state index contributed by atoms with van der Waals surface area (Å²) in [6.07, 6.45) is 3.70. The van der Waals surface area contributed by atoms with Crippen molar-refractivity contribution in [3.63, 3.8) is 0 Å². The molecule has 2 nitrogen and oxygen atoms in total. The van der Waals surface area contributed by atoms with Gasteiger partial charge in [-0.1, -0.05) is 18.2 Å². The summed E-state index contributed by atoms with van der Waals surface area (Å²) in [5, 5.41) is 4.16. The molecule has 3 heteroatoms. The van der Waals surface area contributed by atoms with Gasteiger partial charge in [0.25, 0.3) is 0 Å². The van der Waals surface area contributed by atoms with Gasteiger partial charge in [0.05, 0.1) is 16.4 Å². The van der Waals surface area contributed by atoms with Crippen LogP contribution < -0.4 is 0 Å². The van der Waals surface area contributed by atoms with E-state index in [9.17, 15) is 0 Å². The predicted molar refractivity (Wildman–Crippen MR) is 51.3 cm³/mol. The highest BCUT2D eigenvalue weighted by atomic mass is 79.9. The first-order valence-electron chi connectivity index (χ1n) is 3.62. The van der Waals surface area contributed by atoms with Gasteiger partial charge in [0, 0.05) is 6.20 Å². The molecule has 2 aromatic rings.